The fraction of sp³-hybridized carbons (Fsp3) is 0.600. The largest absolute Gasteiger partial charge is 0.484 e. The number of rotatable bonds is 42. The van der Waals surface area contributed by atoms with Gasteiger partial charge in [0.2, 0.25) is 17.7 Å². The van der Waals surface area contributed by atoms with Gasteiger partial charge in [-0.2, -0.15) is 0 Å². The molecule has 446 valence electrons. The van der Waals surface area contributed by atoms with Crippen molar-refractivity contribution in [3.8, 4) is 17.2 Å². The van der Waals surface area contributed by atoms with E-state index in [1.165, 1.54) is 14.7 Å². The van der Waals surface area contributed by atoms with Gasteiger partial charge in [-0.25, -0.2) is 4.57 Å². The summed E-state index contributed by atoms with van der Waals surface area (Å²) in [6, 6.07) is 17.5. The van der Waals surface area contributed by atoms with Gasteiger partial charge in [0.25, 0.3) is 17.7 Å². The van der Waals surface area contributed by atoms with E-state index < -0.39 is 45.8 Å². The first-order valence-corrected chi connectivity index (χ1v) is 30.0. The number of hydrogen-bond donors (Lipinski definition) is 3. The Morgan fingerprint density at radius 1 is 0.412 bits per heavy atom. The second kappa shape index (κ2) is 38.6. The van der Waals surface area contributed by atoms with Crippen molar-refractivity contribution >= 4 is 43.3 Å². The molecule has 0 aliphatic rings. The van der Waals surface area contributed by atoms with Gasteiger partial charge in [0, 0.05) is 61.5 Å². The van der Waals surface area contributed by atoms with Gasteiger partial charge in [-0.15, -0.1) is 0 Å². The molecule has 80 heavy (non-hydrogen) atoms. The number of hydrogen-bond acceptors (Lipinski definition) is 13. The van der Waals surface area contributed by atoms with E-state index in [2.05, 4.69) is 36.7 Å². The average Bonchev–Trinajstić information content (AvgIpc) is 3.47. The highest BCUT2D eigenvalue weighted by Gasteiger charge is 2.34. The quantitative estimate of drug-likeness (QED) is 0.0355. The summed E-state index contributed by atoms with van der Waals surface area (Å²) in [6.07, 6.45) is 14.5. The molecule has 3 unspecified atom stereocenters. The van der Waals surface area contributed by atoms with Crippen molar-refractivity contribution in [1.29, 1.82) is 0 Å². The molecule has 20 heteroatoms. The van der Waals surface area contributed by atoms with E-state index in [9.17, 15) is 28.8 Å². The molecule has 3 aromatic carbocycles. The standard InChI is InChI=1S/C60H93N6O13P/c1-10-13-16-19-22-34-55(67)61-52(46-28-25-31-49(37-46)74-43-58(70)64(4)5)40-77-80(73,78-41-53(62-56(68)35-23-20-17-14-11-2)47-29-26-32-50(38-47)75-44-59(71)65(6)7)79-42-54(63-57(69)36-24-21-18-15-12-3)48-30-27-33-51(39-48)76-45-60(72)66(8)9/h25-33,37-39,52-54H,10-24,34-36,40-45H2,1-9H3,(H,61,67)(H,62,68)(H,63,69). The van der Waals surface area contributed by atoms with Gasteiger partial charge >= 0.3 is 7.82 Å². The minimum atomic E-state index is -4.82. The second-order valence-electron chi connectivity index (χ2n) is 20.6. The normalized spacial score (nSPS) is 13.0. The lowest BCUT2D eigenvalue weighted by molar-refractivity contribution is -0.131. The smallest absolute Gasteiger partial charge is 0.475 e. The fourth-order valence-corrected chi connectivity index (χ4v) is 9.24. The maximum Gasteiger partial charge on any atom is 0.475 e. The molecule has 0 aromatic heterocycles. The van der Waals surface area contributed by atoms with Crippen LogP contribution >= 0.6 is 7.82 Å². The molecule has 0 radical (unpaired) electrons. The predicted octanol–water partition coefficient (Wildman–Crippen LogP) is 10.2. The van der Waals surface area contributed by atoms with Crippen molar-refractivity contribution in [2.75, 3.05) is 81.9 Å². The van der Waals surface area contributed by atoms with Crippen molar-refractivity contribution in [2.45, 2.75) is 154 Å². The van der Waals surface area contributed by atoms with Crippen LogP contribution < -0.4 is 30.2 Å². The Morgan fingerprint density at radius 2 is 0.675 bits per heavy atom. The summed E-state index contributed by atoms with van der Waals surface area (Å²) in [6.45, 7) is 4.29. The molecule has 3 N–H and O–H groups in total. The zero-order valence-electron chi connectivity index (χ0n) is 49.2. The van der Waals surface area contributed by atoms with Crippen LogP contribution in [0.3, 0.4) is 0 Å². The van der Waals surface area contributed by atoms with Gasteiger partial charge in [0.15, 0.2) is 19.8 Å². The maximum absolute atomic E-state index is 15.6. The lowest BCUT2D eigenvalue weighted by Gasteiger charge is -2.27. The van der Waals surface area contributed by atoms with Crippen molar-refractivity contribution in [1.82, 2.24) is 30.7 Å². The molecule has 0 aliphatic carbocycles. The summed E-state index contributed by atoms with van der Waals surface area (Å²) < 4.78 is 52.1. The number of unbranched alkanes of at least 4 members (excludes halogenated alkanes) is 12. The first kappa shape index (κ1) is 68.3. The van der Waals surface area contributed by atoms with Crippen molar-refractivity contribution in [3.63, 3.8) is 0 Å². The number of carbonyl (C=O) groups is 6. The lowest BCUT2D eigenvalue weighted by atomic mass is 10.1. The molecule has 3 atom stereocenters. The van der Waals surface area contributed by atoms with Crippen LogP contribution in [0, 0.1) is 0 Å². The number of phosphoric acid groups is 1. The summed E-state index contributed by atoms with van der Waals surface area (Å²) in [5.41, 5.74) is 1.52. The Morgan fingerprint density at radius 3 is 0.925 bits per heavy atom. The van der Waals surface area contributed by atoms with E-state index in [-0.39, 0.29) is 74.5 Å². The zero-order valence-corrected chi connectivity index (χ0v) is 50.1. The van der Waals surface area contributed by atoms with Gasteiger partial charge in [-0.3, -0.25) is 42.3 Å². The van der Waals surface area contributed by atoms with Crippen LogP contribution in [0.25, 0.3) is 0 Å². The molecule has 0 spiro atoms. The maximum atomic E-state index is 15.6. The Hall–Kier alpha value is -6.01. The van der Waals surface area contributed by atoms with E-state index in [0.717, 1.165) is 77.0 Å². The second-order valence-corrected chi connectivity index (χ2v) is 22.3. The molecule has 3 rings (SSSR count). The number of nitrogens with one attached hydrogen (secondary N) is 3. The van der Waals surface area contributed by atoms with Crippen molar-refractivity contribution in [3.05, 3.63) is 89.5 Å². The predicted molar refractivity (Wildman–Crippen MR) is 310 cm³/mol. The molecule has 19 nitrogen and oxygen atoms in total. The molecule has 0 bridgehead atoms. The van der Waals surface area contributed by atoms with Crippen LogP contribution in [0.5, 0.6) is 17.2 Å². The summed E-state index contributed by atoms with van der Waals surface area (Å²) in [4.78, 5) is 82.9. The summed E-state index contributed by atoms with van der Waals surface area (Å²) in [5, 5.41) is 9.15. The molecule has 0 fully saturated rings. The number of ether oxygens (including phenoxy) is 3. The SMILES string of the molecule is CCCCCCCC(=O)NC(COP(=O)(OCC(NC(=O)CCCCCCC)c1cccc(OCC(=O)N(C)C)c1)OCC(NC(=O)CCCCCCC)c1cccc(OCC(=O)N(C)C)c1)c1cccc(OCC(=O)N(C)C)c1. The topological polar surface area (TPSA) is 221 Å². The van der Waals surface area contributed by atoms with Gasteiger partial charge in [0.05, 0.1) is 37.9 Å². The third kappa shape index (κ3) is 27.9. The fourth-order valence-electron chi connectivity index (χ4n) is 8.03. The molecule has 0 aliphatic heterocycles. The molecule has 3 aromatic rings. The van der Waals surface area contributed by atoms with Gasteiger partial charge in [0.1, 0.15) is 17.2 Å². The van der Waals surface area contributed by atoms with Crippen LogP contribution in [-0.4, -0.2) is 132 Å². The van der Waals surface area contributed by atoms with Crippen molar-refractivity contribution in [2.24, 2.45) is 0 Å². The zero-order chi connectivity index (χ0) is 58.7. The van der Waals surface area contributed by atoms with Crippen molar-refractivity contribution < 1.29 is 61.1 Å². The number of carbonyl (C=O) groups excluding carboxylic acids is 6. The summed E-state index contributed by atoms with van der Waals surface area (Å²) >= 11 is 0. The minimum absolute atomic E-state index is 0.219. The first-order valence-electron chi connectivity index (χ1n) is 28.6. The monoisotopic (exact) mass is 1140 g/mol. The van der Waals surface area contributed by atoms with Crippen LogP contribution in [0.4, 0.5) is 0 Å². The van der Waals surface area contributed by atoms with E-state index >= 15 is 4.57 Å². The molecule has 0 saturated carbocycles. The highest BCUT2D eigenvalue weighted by molar-refractivity contribution is 7.48. The average molecular weight is 1140 g/mol. The Bertz CT molecular complexity index is 2130. The minimum Gasteiger partial charge on any atom is -0.484 e. The van der Waals surface area contributed by atoms with Crippen LogP contribution in [0.15, 0.2) is 72.8 Å². The van der Waals surface area contributed by atoms with E-state index in [0.29, 0.717) is 53.2 Å². The van der Waals surface area contributed by atoms with Crippen LogP contribution in [0.1, 0.15) is 171 Å². The highest BCUT2D eigenvalue weighted by atomic mass is 31.2. The molecule has 6 amide bonds. The molecule has 0 saturated heterocycles. The summed E-state index contributed by atoms with van der Waals surface area (Å²) in [7, 11) is 4.92. The van der Waals surface area contributed by atoms with E-state index in [1.807, 2.05) is 0 Å². The van der Waals surface area contributed by atoms with E-state index in [4.69, 9.17) is 27.8 Å². The molecule has 0 heterocycles. The number of benzene rings is 3. The number of nitrogens with zero attached hydrogens (tertiary/aromatic N) is 3. The van der Waals surface area contributed by atoms with E-state index in [1.54, 1.807) is 115 Å². The van der Waals surface area contributed by atoms with Crippen LogP contribution in [-0.2, 0) is 46.9 Å². The lowest BCUT2D eigenvalue weighted by Crippen LogP contribution is -2.33. The number of phosphoric ester groups is 1. The number of likely N-dealkylation sites (N-methyl/N-ethyl adjacent to an activating group) is 3. The number of amides is 6. The third-order valence-electron chi connectivity index (χ3n) is 13.1. The molecular weight excluding hydrogens is 1040 g/mol. The molecular formula is C60H93N6O13P. The third-order valence-corrected chi connectivity index (χ3v) is 14.5. The first-order chi connectivity index (χ1) is 38.4. The Balaban J connectivity index is 2.14. The van der Waals surface area contributed by atoms with Gasteiger partial charge in [-0.05, 0) is 72.4 Å². The Kier molecular flexibility index (Phi) is 32.9. The summed E-state index contributed by atoms with van der Waals surface area (Å²) in [5.74, 6) is -0.593. The highest BCUT2D eigenvalue weighted by Crippen LogP contribution is 2.51. The van der Waals surface area contributed by atoms with Gasteiger partial charge < -0.3 is 44.9 Å². The Labute approximate surface area is 476 Å². The van der Waals surface area contributed by atoms with Gasteiger partial charge in [-0.1, -0.05) is 134 Å². The van der Waals surface area contributed by atoms with Crippen LogP contribution in [0.2, 0.25) is 0 Å².